The van der Waals surface area contributed by atoms with Crippen molar-refractivity contribution in [3.8, 4) is 0 Å². The molecule has 0 aliphatic heterocycles. The fraction of sp³-hybridized carbons (Fsp3) is 0. The van der Waals surface area contributed by atoms with E-state index < -0.39 is 0 Å². The van der Waals surface area contributed by atoms with E-state index in [2.05, 4.69) is 0 Å². The molecule has 0 fully saturated rings. The van der Waals surface area contributed by atoms with E-state index >= 15 is 0 Å². The molecule has 7 heteroatoms. The van der Waals surface area contributed by atoms with Gasteiger partial charge in [-0.15, -0.1) is 0 Å². The Bertz CT molecular complexity index is 17.7. The Hall–Kier alpha value is 3.50. The van der Waals surface area contributed by atoms with Crippen LogP contribution in [0.3, 0.4) is 0 Å². The van der Waals surface area contributed by atoms with Crippen molar-refractivity contribution in [1.29, 1.82) is 0 Å². The van der Waals surface area contributed by atoms with Crippen LogP contribution < -0.4 is 0 Å². The van der Waals surface area contributed by atoms with Gasteiger partial charge < -0.3 is 0 Å². The van der Waals surface area contributed by atoms with E-state index in [4.69, 9.17) is 3.80 Å². The van der Waals surface area contributed by atoms with Gasteiger partial charge in [0, 0.05) is 83.3 Å². The zero-order valence-electron chi connectivity index (χ0n) is 2.75. The molecule has 2 radical (unpaired) electrons. The Morgan fingerprint density at radius 2 is 1.14 bits per heavy atom. The van der Waals surface area contributed by atoms with Gasteiger partial charge in [0.2, 0.25) is 0 Å². The van der Waals surface area contributed by atoms with Crippen molar-refractivity contribution in [3.05, 3.63) is 0 Å². The van der Waals surface area contributed by atoms with Crippen molar-refractivity contribution in [2.75, 3.05) is 0 Å². The zero-order chi connectivity index (χ0) is 2.00. The molecule has 1 nitrogen and oxygen atoms in total. The van der Waals surface area contributed by atoms with Crippen LogP contribution in [-0.4, -0.2) is 33.6 Å². The largest absolute Gasteiger partial charge is 0 e. The van der Waals surface area contributed by atoms with E-state index in [1.165, 1.54) is 0 Å². The molecule has 0 atom stereocenters. The van der Waals surface area contributed by atoms with Crippen LogP contribution in [0.4, 0.5) is 0 Å². The van der Waals surface area contributed by atoms with Crippen LogP contribution in [0.15, 0.2) is 0 Å². The summed E-state index contributed by atoms with van der Waals surface area (Å²) in [5, 5.41) is 0. The molecular formula is H4Al2CoCrNiOY. The summed E-state index contributed by atoms with van der Waals surface area (Å²) in [6.45, 7) is 0. The molecule has 0 aromatic heterocycles. The van der Waals surface area contributed by atoms with Crippen LogP contribution in [0, 0.1) is 0 Å². The normalized spacial score (nSPS) is 0.429. The van der Waals surface area contributed by atoms with Crippen molar-refractivity contribution >= 4 is 33.6 Å². The van der Waals surface area contributed by atoms with Crippen LogP contribution in [0.2, 0.25) is 0 Å². The first-order valence-electron chi connectivity index (χ1n) is 0.289. The van der Waals surface area contributed by atoms with Crippen LogP contribution >= 0.6 is 0 Å². The first-order valence-corrected chi connectivity index (χ1v) is 0.866. The second-order valence-corrected chi connectivity index (χ2v) is 0. The Morgan fingerprint density at radius 3 is 1.14 bits per heavy atom. The summed E-state index contributed by atoms with van der Waals surface area (Å²) >= 11 is 0.611. The summed E-state index contributed by atoms with van der Waals surface area (Å²) < 4.78 is 8.28. The van der Waals surface area contributed by atoms with Gasteiger partial charge in [-0.1, -0.05) is 0 Å². The van der Waals surface area contributed by atoms with Gasteiger partial charge in [-0.3, -0.25) is 0 Å². The fourth-order valence-corrected chi connectivity index (χ4v) is 0. The third-order valence-corrected chi connectivity index (χ3v) is 0. The Labute approximate surface area is 118 Å². The van der Waals surface area contributed by atoms with Crippen molar-refractivity contribution < 1.29 is 87.1 Å². The fourth-order valence-electron chi connectivity index (χ4n) is 0. The third kappa shape index (κ3) is 43.6. The zero-order valence-corrected chi connectivity index (χ0v) is 10.3. The summed E-state index contributed by atoms with van der Waals surface area (Å²) in [7, 11) is 0. The molecule has 0 rings (SSSR count). The molecule has 0 aliphatic rings. The Balaban J connectivity index is -0.000000000500. The average molecular weight is 333 g/mol. The van der Waals surface area contributed by atoms with Gasteiger partial charge in [0.25, 0.3) is 0 Å². The molecule has 0 aliphatic carbocycles. The second-order valence-electron chi connectivity index (χ2n) is 0. The number of hydrogen-bond acceptors (Lipinski definition) is 1. The minimum Gasteiger partial charge on any atom is 0 e. The standard InChI is InChI=1S/2Al.Co.Cr.Ni.O.Y.4H. The Morgan fingerprint density at radius 1 is 1.14 bits per heavy atom. The maximum Gasteiger partial charge on any atom is 0 e. The first-order chi connectivity index (χ1) is 1.00. The van der Waals surface area contributed by atoms with Gasteiger partial charge in [-0.2, -0.15) is 0 Å². The molecule has 0 bridgehead atoms. The molecule has 0 unspecified atom stereocenters. The van der Waals surface area contributed by atoms with Gasteiger partial charge in [0.05, 0.1) is 0 Å². The molecule has 0 aromatic carbocycles. The predicted molar refractivity (Wildman–Crippen MR) is 17.8 cm³/mol. The summed E-state index contributed by atoms with van der Waals surface area (Å²) in [4.78, 5) is 0. The minimum atomic E-state index is 0. The van der Waals surface area contributed by atoms with Crippen LogP contribution in [0.1, 0.15) is 0 Å². The van der Waals surface area contributed by atoms with Gasteiger partial charge in [-0.05, 0) is 0 Å². The number of hydrogen-bond donors (Lipinski definition) is 0. The molecule has 0 N–H and O–H groups in total. The maximum absolute atomic E-state index is 8.28. The molecule has 44 valence electrons. The molecule has 0 aromatic rings. The van der Waals surface area contributed by atoms with E-state index in [0.29, 0.717) is 16.2 Å². The van der Waals surface area contributed by atoms with Gasteiger partial charge in [-0.25, -0.2) is 0 Å². The topological polar surface area (TPSA) is 17.1 Å². The van der Waals surface area contributed by atoms with Crippen LogP contribution in [0.5, 0.6) is 0 Å². The van der Waals surface area contributed by atoms with Crippen LogP contribution in [0.25, 0.3) is 0 Å². The van der Waals surface area contributed by atoms with Crippen molar-refractivity contribution in [2.45, 2.75) is 0 Å². The maximum atomic E-state index is 8.28. The quantitative estimate of drug-likeness (QED) is 0.471. The monoisotopic (exact) mass is 332 g/mol. The molecule has 0 saturated carbocycles. The molecule has 0 spiro atoms. The summed E-state index contributed by atoms with van der Waals surface area (Å²) in [5.74, 6) is 0. The van der Waals surface area contributed by atoms with Gasteiger partial charge >= 0.3 is 20.0 Å². The van der Waals surface area contributed by atoms with E-state index in [0.717, 1.165) is 0 Å². The van der Waals surface area contributed by atoms with Gasteiger partial charge in [0.1, 0.15) is 0 Å². The third-order valence-electron chi connectivity index (χ3n) is 0. The van der Waals surface area contributed by atoms with E-state index in [1.54, 1.807) is 0 Å². The second kappa shape index (κ2) is 56.0. The predicted octanol–water partition coefficient (Wildman–Crippen LogP) is -1.96. The first kappa shape index (κ1) is 46.8. The van der Waals surface area contributed by atoms with Crippen molar-refractivity contribution in [2.24, 2.45) is 0 Å². The smallest absolute Gasteiger partial charge is 0 e. The molecule has 7 heavy (non-hydrogen) atoms. The van der Waals surface area contributed by atoms with E-state index in [1.807, 2.05) is 0 Å². The number of rotatable bonds is 0. The van der Waals surface area contributed by atoms with Crippen molar-refractivity contribution in [1.82, 2.24) is 0 Å². The van der Waals surface area contributed by atoms with Crippen molar-refractivity contribution in [3.63, 3.8) is 0 Å². The SMILES string of the molecule is [AlH3].[Co].[Cr].[Ni].[O]=[AlH].[Y]. The van der Waals surface area contributed by atoms with Gasteiger partial charge in [0.15, 0.2) is 17.4 Å². The summed E-state index contributed by atoms with van der Waals surface area (Å²) in [5.41, 5.74) is 0. The summed E-state index contributed by atoms with van der Waals surface area (Å²) in [6, 6.07) is 0. The molecular weight excluding hydrogens is 328 g/mol. The van der Waals surface area contributed by atoms with E-state index in [-0.39, 0.29) is 101 Å². The van der Waals surface area contributed by atoms with E-state index in [9.17, 15) is 0 Å². The molecule has 0 saturated heterocycles. The Kier molecular flexibility index (Phi) is 374. The summed E-state index contributed by atoms with van der Waals surface area (Å²) in [6.07, 6.45) is 0. The molecule has 0 heterocycles. The molecule has 0 amide bonds. The minimum absolute atomic E-state index is 0. The average Bonchev–Trinajstić information content (AvgIpc) is 1.00. The van der Waals surface area contributed by atoms with Crippen LogP contribution in [-0.2, 0) is 87.1 Å².